The molecule has 0 aliphatic heterocycles. The summed E-state index contributed by atoms with van der Waals surface area (Å²) in [7, 11) is -5.89. The number of sulfone groups is 2. The van der Waals surface area contributed by atoms with Gasteiger partial charge in [0.25, 0.3) is 0 Å². The summed E-state index contributed by atoms with van der Waals surface area (Å²) in [5.41, 5.74) is 6.54. The van der Waals surface area contributed by atoms with Crippen molar-refractivity contribution in [3.8, 4) is 11.1 Å². The molecule has 1 aromatic carbocycles. The fraction of sp³-hybridized carbons (Fsp3) is 0.200. The molecule has 8 nitrogen and oxygen atoms in total. The third-order valence-electron chi connectivity index (χ3n) is 3.64. The van der Waals surface area contributed by atoms with Gasteiger partial charge in [0.15, 0.2) is 14.9 Å². The summed E-state index contributed by atoms with van der Waals surface area (Å²) in [6, 6.07) is 3.99. The number of rotatable bonds is 5. The Balaban J connectivity index is 2.23. The molecule has 0 unspecified atom stereocenters. The van der Waals surface area contributed by atoms with Crippen LogP contribution < -0.4 is 5.73 Å². The molecule has 2 N–H and O–H groups in total. The highest BCUT2D eigenvalue weighted by molar-refractivity contribution is 7.92. The van der Waals surface area contributed by atoms with Gasteiger partial charge >= 0.3 is 0 Å². The smallest absolute Gasteiger partial charge is 0.224 e. The van der Waals surface area contributed by atoms with Crippen LogP contribution >= 0.6 is 11.3 Å². The average Bonchev–Trinajstić information content (AvgIpc) is 3.22. The standard InChI is InChI=1S/C15H16N4O4S3/c1-19-8-11(7-17-19)10-3-12(25(2,20)21)5-13(4-10)26(22,23)15-9-24-14(6-16)18-15/h3-5,7-9H,6,16H2,1-2H3. The fourth-order valence-electron chi connectivity index (χ4n) is 2.31. The fourth-order valence-corrected chi connectivity index (χ4v) is 5.35. The van der Waals surface area contributed by atoms with Crippen LogP contribution in [0.3, 0.4) is 0 Å². The SMILES string of the molecule is Cn1cc(-c2cc(S(C)(=O)=O)cc(S(=O)(=O)c3csc(CN)n3)c2)cn1. The monoisotopic (exact) mass is 412 g/mol. The van der Waals surface area contributed by atoms with Gasteiger partial charge in [-0.2, -0.15) is 5.10 Å². The maximum Gasteiger partial charge on any atom is 0.224 e. The molecule has 11 heteroatoms. The van der Waals surface area contributed by atoms with E-state index in [0.717, 1.165) is 23.7 Å². The highest BCUT2D eigenvalue weighted by Gasteiger charge is 2.24. The minimum atomic E-state index is -3.98. The van der Waals surface area contributed by atoms with Gasteiger partial charge in [-0.1, -0.05) is 0 Å². The molecule has 3 rings (SSSR count). The number of nitrogens with two attached hydrogens (primary N) is 1. The van der Waals surface area contributed by atoms with Crippen molar-refractivity contribution >= 4 is 31.0 Å². The van der Waals surface area contributed by atoms with Gasteiger partial charge in [-0.3, -0.25) is 4.68 Å². The minimum absolute atomic E-state index is 0.0910. The molecule has 26 heavy (non-hydrogen) atoms. The first-order valence-electron chi connectivity index (χ1n) is 7.35. The summed E-state index contributed by atoms with van der Waals surface area (Å²) in [6.07, 6.45) is 4.24. The Morgan fingerprint density at radius 3 is 2.35 bits per heavy atom. The summed E-state index contributed by atoms with van der Waals surface area (Å²) in [5, 5.41) is 5.77. The van der Waals surface area contributed by atoms with Crippen molar-refractivity contribution in [3.63, 3.8) is 0 Å². The summed E-state index contributed by atoms with van der Waals surface area (Å²) in [6.45, 7) is 0.129. The van der Waals surface area contributed by atoms with E-state index < -0.39 is 19.7 Å². The highest BCUT2D eigenvalue weighted by atomic mass is 32.2. The van der Waals surface area contributed by atoms with Gasteiger partial charge in [-0.25, -0.2) is 21.8 Å². The third kappa shape index (κ3) is 3.56. The van der Waals surface area contributed by atoms with Crippen molar-refractivity contribution < 1.29 is 16.8 Å². The number of hydrogen-bond donors (Lipinski definition) is 1. The van der Waals surface area contributed by atoms with E-state index in [4.69, 9.17) is 5.73 Å². The van der Waals surface area contributed by atoms with Crippen molar-refractivity contribution in [3.05, 3.63) is 41.0 Å². The second-order valence-electron chi connectivity index (χ2n) is 5.65. The van der Waals surface area contributed by atoms with Crippen LogP contribution in [0.5, 0.6) is 0 Å². The van der Waals surface area contributed by atoms with Gasteiger partial charge in [0, 0.05) is 37.0 Å². The van der Waals surface area contributed by atoms with E-state index in [9.17, 15) is 16.8 Å². The van der Waals surface area contributed by atoms with Gasteiger partial charge in [0.1, 0.15) is 5.01 Å². The Morgan fingerprint density at radius 1 is 1.12 bits per heavy atom. The number of aryl methyl sites for hydroxylation is 1. The van der Waals surface area contributed by atoms with Crippen LogP contribution in [0.1, 0.15) is 5.01 Å². The van der Waals surface area contributed by atoms with Crippen molar-refractivity contribution in [1.29, 1.82) is 0 Å². The van der Waals surface area contributed by atoms with Crippen molar-refractivity contribution in [1.82, 2.24) is 14.8 Å². The Labute approximate surface area is 155 Å². The number of benzene rings is 1. The molecule has 0 fully saturated rings. The number of aromatic nitrogens is 3. The zero-order valence-electron chi connectivity index (χ0n) is 13.9. The van der Waals surface area contributed by atoms with Crippen LogP contribution in [0.25, 0.3) is 11.1 Å². The normalized spacial score (nSPS) is 12.4. The molecule has 0 saturated carbocycles. The molecular weight excluding hydrogens is 396 g/mol. The molecule has 2 heterocycles. The first kappa shape index (κ1) is 18.7. The molecule has 0 amide bonds. The van der Waals surface area contributed by atoms with Crippen molar-refractivity contribution in [2.24, 2.45) is 12.8 Å². The maximum atomic E-state index is 12.9. The maximum absolute atomic E-state index is 12.9. The van der Waals surface area contributed by atoms with Crippen LogP contribution in [0.2, 0.25) is 0 Å². The van der Waals surface area contributed by atoms with Gasteiger partial charge < -0.3 is 5.73 Å². The van der Waals surface area contributed by atoms with E-state index in [2.05, 4.69) is 10.1 Å². The largest absolute Gasteiger partial charge is 0.325 e. The Kier molecular flexibility index (Phi) is 4.73. The lowest BCUT2D eigenvalue weighted by atomic mass is 10.1. The minimum Gasteiger partial charge on any atom is -0.325 e. The summed E-state index contributed by atoms with van der Waals surface area (Å²) >= 11 is 1.14. The molecule has 0 atom stereocenters. The Morgan fingerprint density at radius 2 is 1.81 bits per heavy atom. The molecule has 0 bridgehead atoms. The molecule has 0 saturated heterocycles. The average molecular weight is 413 g/mol. The molecule has 0 aliphatic carbocycles. The molecule has 3 aromatic rings. The number of hydrogen-bond acceptors (Lipinski definition) is 8. The lowest BCUT2D eigenvalue weighted by molar-refractivity contribution is 0.592. The molecule has 0 radical (unpaired) electrons. The van der Waals surface area contributed by atoms with Crippen LogP contribution in [0.4, 0.5) is 0 Å². The van der Waals surface area contributed by atoms with Gasteiger partial charge in [0.2, 0.25) is 9.84 Å². The first-order chi connectivity index (χ1) is 12.1. The van der Waals surface area contributed by atoms with Crippen LogP contribution in [0, 0.1) is 0 Å². The highest BCUT2D eigenvalue weighted by Crippen LogP contribution is 2.30. The zero-order chi connectivity index (χ0) is 19.1. The molecule has 0 spiro atoms. The predicted molar refractivity (Wildman–Crippen MR) is 97.2 cm³/mol. The lowest BCUT2D eigenvalue weighted by Gasteiger charge is -2.08. The van der Waals surface area contributed by atoms with E-state index in [-0.39, 0.29) is 21.4 Å². The van der Waals surface area contributed by atoms with Crippen LogP contribution in [-0.2, 0) is 33.3 Å². The Hall–Kier alpha value is -2.08. The number of thiazole rings is 1. The lowest BCUT2D eigenvalue weighted by Crippen LogP contribution is -2.06. The number of nitrogens with zero attached hydrogens (tertiary/aromatic N) is 3. The topological polar surface area (TPSA) is 125 Å². The quantitative estimate of drug-likeness (QED) is 0.668. The van der Waals surface area contributed by atoms with E-state index in [1.165, 1.54) is 23.7 Å². The predicted octanol–water partition coefficient (Wildman–Crippen LogP) is 1.24. The van der Waals surface area contributed by atoms with E-state index in [1.807, 2.05) is 0 Å². The summed E-state index contributed by atoms with van der Waals surface area (Å²) < 4.78 is 51.5. The van der Waals surface area contributed by atoms with E-state index in [1.54, 1.807) is 17.9 Å². The molecule has 2 aromatic heterocycles. The van der Waals surface area contributed by atoms with Crippen LogP contribution in [0.15, 0.2) is 50.8 Å². The van der Waals surface area contributed by atoms with Crippen LogP contribution in [-0.4, -0.2) is 37.9 Å². The van der Waals surface area contributed by atoms with Gasteiger partial charge in [-0.05, 0) is 23.8 Å². The second-order valence-corrected chi connectivity index (χ2v) is 10.5. The van der Waals surface area contributed by atoms with E-state index >= 15 is 0 Å². The second kappa shape index (κ2) is 6.58. The Bertz CT molecular complexity index is 1180. The molecule has 138 valence electrons. The molecule has 0 aliphatic rings. The summed E-state index contributed by atoms with van der Waals surface area (Å²) in [5.74, 6) is 0. The first-order valence-corrected chi connectivity index (χ1v) is 11.6. The zero-order valence-corrected chi connectivity index (χ0v) is 16.4. The van der Waals surface area contributed by atoms with Crippen molar-refractivity contribution in [2.45, 2.75) is 21.4 Å². The molecular formula is C15H16N4O4S3. The van der Waals surface area contributed by atoms with Gasteiger partial charge in [-0.15, -0.1) is 11.3 Å². The third-order valence-corrected chi connectivity index (χ3v) is 7.37. The van der Waals surface area contributed by atoms with E-state index in [0.29, 0.717) is 16.1 Å². The van der Waals surface area contributed by atoms with Crippen molar-refractivity contribution in [2.75, 3.05) is 6.26 Å². The van der Waals surface area contributed by atoms with Gasteiger partial charge in [0.05, 0.1) is 16.0 Å². The summed E-state index contributed by atoms with van der Waals surface area (Å²) in [4.78, 5) is 3.78.